The molecule has 1 saturated carbocycles. The number of piperazine rings is 1. The van der Waals surface area contributed by atoms with Crippen LogP contribution in [0, 0.1) is 0 Å². The van der Waals surface area contributed by atoms with Crippen LogP contribution in [0.1, 0.15) is 18.4 Å². The lowest BCUT2D eigenvalue weighted by Gasteiger charge is -2.27. The summed E-state index contributed by atoms with van der Waals surface area (Å²) >= 11 is 3.44. The molecule has 0 aromatic heterocycles. The van der Waals surface area contributed by atoms with E-state index in [0.717, 1.165) is 62.1 Å². The summed E-state index contributed by atoms with van der Waals surface area (Å²) in [6.45, 7) is 5.95. The molecule has 6 heteroatoms. The first-order chi connectivity index (χ1) is 10.2. The van der Waals surface area contributed by atoms with Gasteiger partial charge in [-0.1, -0.05) is 28.1 Å². The van der Waals surface area contributed by atoms with Gasteiger partial charge in [0, 0.05) is 43.7 Å². The molecule has 1 aliphatic carbocycles. The first-order valence-corrected chi connectivity index (χ1v) is 8.47. The molecule has 2 aliphatic rings. The van der Waals surface area contributed by atoms with Crippen LogP contribution in [0.2, 0.25) is 0 Å². The lowest BCUT2D eigenvalue weighted by Crippen LogP contribution is -2.47. The fraction of sp³-hybridized carbons (Fsp3) is 0.562. The maximum absolute atomic E-state index is 12.5. The van der Waals surface area contributed by atoms with E-state index in [1.54, 1.807) is 0 Å². The molecule has 0 radical (unpaired) electrons. The topological polar surface area (TPSA) is 44.4 Å². The number of benzene rings is 1. The summed E-state index contributed by atoms with van der Waals surface area (Å²) in [5, 5.41) is 6.47. The highest BCUT2D eigenvalue weighted by molar-refractivity contribution is 9.10. The van der Waals surface area contributed by atoms with E-state index in [1.807, 2.05) is 12.1 Å². The summed E-state index contributed by atoms with van der Waals surface area (Å²) in [5.41, 5.74) is 0.884. The number of amides is 1. The first kappa shape index (κ1) is 17.7. The second-order valence-corrected chi connectivity index (χ2v) is 6.85. The van der Waals surface area contributed by atoms with E-state index >= 15 is 0 Å². The first-order valence-electron chi connectivity index (χ1n) is 7.68. The summed E-state index contributed by atoms with van der Waals surface area (Å²) in [5.74, 6) is 0.194. The smallest absolute Gasteiger partial charge is 0.230 e. The van der Waals surface area contributed by atoms with E-state index in [4.69, 9.17) is 0 Å². The van der Waals surface area contributed by atoms with Crippen LogP contribution in [0.3, 0.4) is 0 Å². The van der Waals surface area contributed by atoms with Gasteiger partial charge in [0.15, 0.2) is 0 Å². The second kappa shape index (κ2) is 7.77. The Bertz CT molecular complexity index is 499. The van der Waals surface area contributed by atoms with E-state index in [2.05, 4.69) is 43.6 Å². The number of carbonyl (C=O) groups excluding carboxylic acids is 1. The van der Waals surface area contributed by atoms with Crippen molar-refractivity contribution in [1.82, 2.24) is 15.5 Å². The normalized spacial score (nSPS) is 20.0. The molecule has 1 amide bonds. The van der Waals surface area contributed by atoms with Crippen LogP contribution >= 0.6 is 28.3 Å². The molecule has 1 heterocycles. The SMILES string of the molecule is Cl.O=C(NCCN1CCNCC1)C1(c2ccc(Br)cc2)CC1. The Labute approximate surface area is 146 Å². The van der Waals surface area contributed by atoms with Crippen molar-refractivity contribution in [1.29, 1.82) is 0 Å². The van der Waals surface area contributed by atoms with E-state index < -0.39 is 0 Å². The summed E-state index contributed by atoms with van der Waals surface area (Å²) in [6.07, 6.45) is 1.93. The van der Waals surface area contributed by atoms with E-state index in [9.17, 15) is 4.79 Å². The number of hydrogen-bond acceptors (Lipinski definition) is 3. The van der Waals surface area contributed by atoms with Gasteiger partial charge in [-0.3, -0.25) is 9.69 Å². The van der Waals surface area contributed by atoms with Crippen LogP contribution in [0.25, 0.3) is 0 Å². The molecule has 0 atom stereocenters. The van der Waals surface area contributed by atoms with E-state index in [0.29, 0.717) is 0 Å². The molecule has 2 fully saturated rings. The van der Waals surface area contributed by atoms with Gasteiger partial charge < -0.3 is 10.6 Å². The maximum atomic E-state index is 12.5. The number of hydrogen-bond donors (Lipinski definition) is 2. The average molecular weight is 389 g/mol. The Kier molecular flexibility index (Phi) is 6.26. The fourth-order valence-electron chi connectivity index (χ4n) is 2.97. The molecule has 3 rings (SSSR count). The van der Waals surface area contributed by atoms with Gasteiger partial charge >= 0.3 is 0 Å². The zero-order valence-corrected chi connectivity index (χ0v) is 15.0. The highest BCUT2D eigenvalue weighted by Gasteiger charge is 2.50. The van der Waals surface area contributed by atoms with Crippen molar-refractivity contribution in [2.45, 2.75) is 18.3 Å². The van der Waals surface area contributed by atoms with Crippen LogP contribution < -0.4 is 10.6 Å². The van der Waals surface area contributed by atoms with Crippen LogP contribution in [0.15, 0.2) is 28.7 Å². The summed E-state index contributed by atoms with van der Waals surface area (Å²) in [4.78, 5) is 14.9. The Morgan fingerprint density at radius 2 is 1.86 bits per heavy atom. The minimum atomic E-state index is -0.260. The molecule has 0 spiro atoms. The van der Waals surface area contributed by atoms with Crippen molar-refractivity contribution in [3.05, 3.63) is 34.3 Å². The highest BCUT2D eigenvalue weighted by atomic mass is 79.9. The van der Waals surface area contributed by atoms with Crippen LogP contribution in [-0.2, 0) is 10.2 Å². The Morgan fingerprint density at radius 1 is 1.23 bits per heavy atom. The number of rotatable bonds is 5. The van der Waals surface area contributed by atoms with Gasteiger partial charge in [0.1, 0.15) is 0 Å². The second-order valence-electron chi connectivity index (χ2n) is 5.94. The molecule has 22 heavy (non-hydrogen) atoms. The Hall–Kier alpha value is -0.620. The van der Waals surface area contributed by atoms with Crippen LogP contribution in [-0.4, -0.2) is 50.1 Å². The molecule has 0 unspecified atom stereocenters. The summed E-state index contributed by atoms with van der Waals surface area (Å²) < 4.78 is 1.06. The van der Waals surface area contributed by atoms with Crippen molar-refractivity contribution < 1.29 is 4.79 Å². The quantitative estimate of drug-likeness (QED) is 0.810. The van der Waals surface area contributed by atoms with E-state index in [-0.39, 0.29) is 23.7 Å². The minimum Gasteiger partial charge on any atom is -0.354 e. The van der Waals surface area contributed by atoms with Crippen molar-refractivity contribution in [2.24, 2.45) is 0 Å². The van der Waals surface area contributed by atoms with Gasteiger partial charge in [-0.05, 0) is 30.5 Å². The number of nitrogens with one attached hydrogen (secondary N) is 2. The lowest BCUT2D eigenvalue weighted by molar-refractivity contribution is -0.123. The monoisotopic (exact) mass is 387 g/mol. The zero-order valence-electron chi connectivity index (χ0n) is 12.6. The third-order valence-corrected chi connectivity index (χ3v) is 5.03. The highest BCUT2D eigenvalue weighted by Crippen LogP contribution is 2.48. The van der Waals surface area contributed by atoms with Crippen LogP contribution in [0.4, 0.5) is 0 Å². The molecule has 0 bridgehead atoms. The standard InChI is InChI=1S/C16H22BrN3O.ClH/c17-14-3-1-13(2-4-14)16(5-6-16)15(21)19-9-12-20-10-7-18-8-11-20;/h1-4,18H,5-12H2,(H,19,21);1H. The molecule has 2 N–H and O–H groups in total. The lowest BCUT2D eigenvalue weighted by atomic mass is 9.95. The Balaban J connectivity index is 0.00000176. The van der Waals surface area contributed by atoms with Crippen molar-refractivity contribution in [2.75, 3.05) is 39.3 Å². The van der Waals surface area contributed by atoms with Gasteiger partial charge in [0.05, 0.1) is 5.41 Å². The van der Waals surface area contributed by atoms with Crippen LogP contribution in [0.5, 0.6) is 0 Å². The molecular weight excluding hydrogens is 366 g/mol. The molecule has 4 nitrogen and oxygen atoms in total. The third-order valence-electron chi connectivity index (χ3n) is 4.50. The van der Waals surface area contributed by atoms with E-state index in [1.165, 1.54) is 0 Å². The average Bonchev–Trinajstić information content (AvgIpc) is 3.31. The third kappa shape index (κ3) is 4.02. The predicted molar refractivity (Wildman–Crippen MR) is 94.6 cm³/mol. The van der Waals surface area contributed by atoms with Gasteiger partial charge in [0.25, 0.3) is 0 Å². The molecule has 1 aromatic rings. The molecule has 122 valence electrons. The fourth-order valence-corrected chi connectivity index (χ4v) is 3.24. The van der Waals surface area contributed by atoms with Gasteiger partial charge in [-0.15, -0.1) is 12.4 Å². The van der Waals surface area contributed by atoms with Crippen molar-refractivity contribution >= 4 is 34.2 Å². The number of nitrogens with zero attached hydrogens (tertiary/aromatic N) is 1. The summed E-state index contributed by atoms with van der Waals surface area (Å²) in [6, 6.07) is 8.16. The van der Waals surface area contributed by atoms with Gasteiger partial charge in [-0.25, -0.2) is 0 Å². The molecular formula is C16H23BrClN3O. The minimum absolute atomic E-state index is 0. The number of halogens is 2. The molecule has 1 saturated heterocycles. The molecule has 1 aromatic carbocycles. The largest absolute Gasteiger partial charge is 0.354 e. The zero-order chi connectivity index (χ0) is 14.7. The Morgan fingerprint density at radius 3 is 2.45 bits per heavy atom. The summed E-state index contributed by atoms with van der Waals surface area (Å²) in [7, 11) is 0. The van der Waals surface area contributed by atoms with Crippen molar-refractivity contribution in [3.8, 4) is 0 Å². The van der Waals surface area contributed by atoms with Crippen molar-refractivity contribution in [3.63, 3.8) is 0 Å². The maximum Gasteiger partial charge on any atom is 0.230 e. The molecule has 1 aliphatic heterocycles. The number of carbonyl (C=O) groups is 1. The van der Waals surface area contributed by atoms with Gasteiger partial charge in [-0.2, -0.15) is 0 Å². The predicted octanol–water partition coefficient (Wildman–Crippen LogP) is 1.92. The van der Waals surface area contributed by atoms with Gasteiger partial charge in [0.2, 0.25) is 5.91 Å².